The number of carbonyl (C=O) groups is 2. The average Bonchev–Trinajstić information content (AvgIpc) is 2.46. The van der Waals surface area contributed by atoms with Crippen molar-refractivity contribution >= 4 is 17.8 Å². The number of amides is 2. The summed E-state index contributed by atoms with van der Waals surface area (Å²) in [7, 11) is 1.54. The zero-order valence-electron chi connectivity index (χ0n) is 11.8. The number of carbonyl (C=O) groups excluding carboxylic acids is 1. The van der Waals surface area contributed by atoms with Crippen LogP contribution in [0.3, 0.4) is 0 Å². The quantitative estimate of drug-likeness (QED) is 0.660. The van der Waals surface area contributed by atoms with E-state index in [0.29, 0.717) is 37.6 Å². The molecule has 1 aromatic rings. The lowest BCUT2D eigenvalue weighted by Crippen LogP contribution is -2.28. The zero-order chi connectivity index (χ0) is 15.2. The molecule has 114 valence electrons. The minimum Gasteiger partial charge on any atom is -0.480 e. The highest BCUT2D eigenvalue weighted by atomic mass is 16.5. The molecule has 0 aliphatic carbocycles. The molecule has 0 unspecified atom stereocenters. The second kappa shape index (κ2) is 6.89. The van der Waals surface area contributed by atoms with Crippen LogP contribution in [-0.4, -0.2) is 53.7 Å². The standard InChI is InChI=1S/C13H18N4O4/c1-17(13(19)20)6-2-5-14-7-9-3-4-10-12(15-9)16-11(18)8-21-10/h3-4,14H,2,5-8H2,1H3,(H,19,20)(H,15,16,18). The van der Waals surface area contributed by atoms with Crippen molar-refractivity contribution < 1.29 is 19.4 Å². The average molecular weight is 294 g/mol. The molecule has 0 saturated heterocycles. The van der Waals surface area contributed by atoms with E-state index in [2.05, 4.69) is 15.6 Å². The first-order chi connectivity index (χ1) is 10.1. The fourth-order valence-electron chi connectivity index (χ4n) is 1.86. The van der Waals surface area contributed by atoms with Gasteiger partial charge in [-0.2, -0.15) is 0 Å². The Hall–Kier alpha value is -2.35. The second-order valence-electron chi connectivity index (χ2n) is 4.72. The van der Waals surface area contributed by atoms with Gasteiger partial charge in [0.25, 0.3) is 5.91 Å². The van der Waals surface area contributed by atoms with E-state index >= 15 is 0 Å². The van der Waals surface area contributed by atoms with Gasteiger partial charge in [-0.3, -0.25) is 4.79 Å². The van der Waals surface area contributed by atoms with Gasteiger partial charge in [-0.05, 0) is 25.1 Å². The van der Waals surface area contributed by atoms with Crippen molar-refractivity contribution in [1.29, 1.82) is 0 Å². The third-order valence-electron chi connectivity index (χ3n) is 3.01. The molecule has 0 aromatic carbocycles. The molecule has 1 aliphatic heterocycles. The Morgan fingerprint density at radius 2 is 2.38 bits per heavy atom. The number of anilines is 1. The highest BCUT2D eigenvalue weighted by Gasteiger charge is 2.17. The van der Waals surface area contributed by atoms with Gasteiger partial charge in [-0.1, -0.05) is 0 Å². The van der Waals surface area contributed by atoms with Crippen LogP contribution in [0.25, 0.3) is 0 Å². The Morgan fingerprint density at radius 3 is 3.14 bits per heavy atom. The monoisotopic (exact) mass is 294 g/mol. The van der Waals surface area contributed by atoms with Crippen LogP contribution in [0, 0.1) is 0 Å². The summed E-state index contributed by atoms with van der Waals surface area (Å²) in [5.41, 5.74) is 0.783. The topological polar surface area (TPSA) is 104 Å². The summed E-state index contributed by atoms with van der Waals surface area (Å²) in [5, 5.41) is 14.5. The summed E-state index contributed by atoms with van der Waals surface area (Å²) in [6.07, 6.45) is -0.213. The van der Waals surface area contributed by atoms with Crippen LogP contribution in [0.2, 0.25) is 0 Å². The van der Waals surface area contributed by atoms with Crippen molar-refractivity contribution in [2.75, 3.05) is 32.1 Å². The first-order valence-electron chi connectivity index (χ1n) is 6.63. The van der Waals surface area contributed by atoms with Crippen LogP contribution < -0.4 is 15.4 Å². The summed E-state index contributed by atoms with van der Waals surface area (Å²) in [6, 6.07) is 3.60. The van der Waals surface area contributed by atoms with E-state index in [1.165, 1.54) is 11.9 Å². The molecule has 2 amide bonds. The largest absolute Gasteiger partial charge is 0.480 e. The highest BCUT2D eigenvalue weighted by Crippen LogP contribution is 2.25. The second-order valence-corrected chi connectivity index (χ2v) is 4.72. The summed E-state index contributed by atoms with van der Waals surface area (Å²) in [5.74, 6) is 0.800. The minimum absolute atomic E-state index is 0.0172. The van der Waals surface area contributed by atoms with Gasteiger partial charge in [-0.15, -0.1) is 0 Å². The summed E-state index contributed by atoms with van der Waals surface area (Å²) >= 11 is 0. The smallest absolute Gasteiger partial charge is 0.407 e. The summed E-state index contributed by atoms with van der Waals surface area (Å²) in [4.78, 5) is 27.3. The van der Waals surface area contributed by atoms with Crippen molar-refractivity contribution in [1.82, 2.24) is 15.2 Å². The SMILES string of the molecule is CN(CCCNCc1ccc2c(n1)NC(=O)CO2)C(=O)O. The van der Waals surface area contributed by atoms with Gasteiger partial charge in [0.2, 0.25) is 0 Å². The maximum Gasteiger partial charge on any atom is 0.407 e. The van der Waals surface area contributed by atoms with Crippen molar-refractivity contribution in [3.8, 4) is 5.75 Å². The van der Waals surface area contributed by atoms with Crippen LogP contribution >= 0.6 is 0 Å². The van der Waals surface area contributed by atoms with Gasteiger partial charge in [0, 0.05) is 20.1 Å². The first-order valence-corrected chi connectivity index (χ1v) is 6.63. The predicted octanol–water partition coefficient (Wildman–Crippen LogP) is 0.502. The molecule has 0 radical (unpaired) electrons. The molecule has 0 saturated carbocycles. The molecule has 21 heavy (non-hydrogen) atoms. The Labute approximate surface area is 122 Å². The van der Waals surface area contributed by atoms with E-state index in [4.69, 9.17) is 9.84 Å². The predicted molar refractivity (Wildman–Crippen MR) is 75.3 cm³/mol. The van der Waals surface area contributed by atoms with Gasteiger partial charge in [0.05, 0.1) is 5.69 Å². The Morgan fingerprint density at radius 1 is 1.57 bits per heavy atom. The van der Waals surface area contributed by atoms with Gasteiger partial charge in [-0.25, -0.2) is 9.78 Å². The lowest BCUT2D eigenvalue weighted by atomic mass is 10.3. The third kappa shape index (κ3) is 4.32. The lowest BCUT2D eigenvalue weighted by molar-refractivity contribution is -0.118. The minimum atomic E-state index is -0.929. The fourth-order valence-corrected chi connectivity index (χ4v) is 1.86. The third-order valence-corrected chi connectivity index (χ3v) is 3.01. The van der Waals surface area contributed by atoms with Gasteiger partial charge in [0.1, 0.15) is 0 Å². The normalized spacial score (nSPS) is 13.1. The molecule has 0 atom stereocenters. The molecule has 2 heterocycles. The maximum atomic E-state index is 11.2. The number of carboxylic acid groups (broad SMARTS) is 1. The van der Waals surface area contributed by atoms with Crippen molar-refractivity contribution in [3.63, 3.8) is 0 Å². The molecule has 2 rings (SSSR count). The van der Waals surface area contributed by atoms with Gasteiger partial charge in [0.15, 0.2) is 18.2 Å². The van der Waals surface area contributed by atoms with E-state index in [-0.39, 0.29) is 12.5 Å². The zero-order valence-corrected chi connectivity index (χ0v) is 11.8. The molecule has 3 N–H and O–H groups in total. The van der Waals surface area contributed by atoms with Crippen molar-refractivity contribution in [2.45, 2.75) is 13.0 Å². The Balaban J connectivity index is 1.75. The first kappa shape index (κ1) is 15.0. The number of rotatable bonds is 6. The lowest BCUT2D eigenvalue weighted by Gasteiger charge is -2.17. The molecule has 0 fully saturated rings. The Kier molecular flexibility index (Phi) is 4.94. The Bertz CT molecular complexity index is 535. The number of pyridine rings is 1. The van der Waals surface area contributed by atoms with E-state index in [1.807, 2.05) is 6.07 Å². The van der Waals surface area contributed by atoms with Crippen LogP contribution in [-0.2, 0) is 11.3 Å². The number of aromatic nitrogens is 1. The number of hydrogen-bond donors (Lipinski definition) is 3. The fraction of sp³-hybridized carbons (Fsp3) is 0.462. The molecular weight excluding hydrogens is 276 g/mol. The van der Waals surface area contributed by atoms with E-state index < -0.39 is 6.09 Å². The van der Waals surface area contributed by atoms with Crippen LogP contribution in [0.15, 0.2) is 12.1 Å². The number of hydrogen-bond acceptors (Lipinski definition) is 5. The van der Waals surface area contributed by atoms with Crippen molar-refractivity contribution in [3.05, 3.63) is 17.8 Å². The number of ether oxygens (including phenoxy) is 1. The summed E-state index contributed by atoms with van der Waals surface area (Å²) < 4.78 is 5.23. The molecule has 0 spiro atoms. The molecular formula is C13H18N4O4. The number of nitrogens with one attached hydrogen (secondary N) is 2. The van der Waals surface area contributed by atoms with Crippen LogP contribution in [0.5, 0.6) is 5.75 Å². The molecule has 0 bridgehead atoms. The highest BCUT2D eigenvalue weighted by molar-refractivity contribution is 5.94. The van der Waals surface area contributed by atoms with E-state index in [0.717, 1.165) is 5.69 Å². The molecule has 1 aliphatic rings. The number of fused-ring (bicyclic) bond motifs is 1. The molecule has 8 nitrogen and oxygen atoms in total. The van der Waals surface area contributed by atoms with Gasteiger partial charge >= 0.3 is 6.09 Å². The number of nitrogens with zero attached hydrogens (tertiary/aromatic N) is 2. The molecule has 1 aromatic heterocycles. The van der Waals surface area contributed by atoms with Crippen LogP contribution in [0.1, 0.15) is 12.1 Å². The van der Waals surface area contributed by atoms with Crippen molar-refractivity contribution in [2.24, 2.45) is 0 Å². The molecule has 8 heteroatoms. The van der Waals surface area contributed by atoms with Gasteiger partial charge < -0.3 is 25.4 Å². The van der Waals surface area contributed by atoms with E-state index in [1.54, 1.807) is 6.07 Å². The van der Waals surface area contributed by atoms with E-state index in [9.17, 15) is 9.59 Å². The maximum absolute atomic E-state index is 11.2. The van der Waals surface area contributed by atoms with Crippen LogP contribution in [0.4, 0.5) is 10.6 Å². The summed E-state index contributed by atoms with van der Waals surface area (Å²) in [6.45, 7) is 1.71.